The van der Waals surface area contributed by atoms with E-state index in [1.807, 2.05) is 7.05 Å². The summed E-state index contributed by atoms with van der Waals surface area (Å²) in [5.74, 6) is 0. The van der Waals surface area contributed by atoms with Crippen LogP contribution in [0.4, 0.5) is 0 Å². The molecule has 1 saturated carbocycles. The van der Waals surface area contributed by atoms with Gasteiger partial charge < -0.3 is 10.4 Å². The lowest BCUT2D eigenvalue weighted by Crippen LogP contribution is -2.52. The van der Waals surface area contributed by atoms with Crippen molar-refractivity contribution in [3.05, 3.63) is 0 Å². The van der Waals surface area contributed by atoms with Crippen molar-refractivity contribution in [3.8, 4) is 0 Å². The number of aliphatic hydroxyl groups is 1. The summed E-state index contributed by atoms with van der Waals surface area (Å²) in [7, 11) is 2.03. The van der Waals surface area contributed by atoms with E-state index in [0.29, 0.717) is 12.1 Å². The summed E-state index contributed by atoms with van der Waals surface area (Å²) in [5.41, 5.74) is 0. The van der Waals surface area contributed by atoms with Gasteiger partial charge in [-0.1, -0.05) is 6.42 Å². The Morgan fingerprint density at radius 3 is 2.73 bits per heavy atom. The van der Waals surface area contributed by atoms with Gasteiger partial charge in [0.05, 0.1) is 6.10 Å². The maximum Gasteiger partial charge on any atom is 0.0695 e. The molecular formula is C12H24N2O. The maximum absolute atomic E-state index is 9.97. The molecule has 0 aromatic carbocycles. The van der Waals surface area contributed by atoms with Crippen LogP contribution >= 0.6 is 0 Å². The van der Waals surface area contributed by atoms with Crippen LogP contribution in [0.5, 0.6) is 0 Å². The minimum Gasteiger partial charge on any atom is -0.391 e. The Balaban J connectivity index is 1.97. The molecule has 2 rings (SSSR count). The molecule has 1 aliphatic carbocycles. The second-order valence-corrected chi connectivity index (χ2v) is 5.01. The van der Waals surface area contributed by atoms with Crippen molar-refractivity contribution in [1.82, 2.24) is 10.2 Å². The maximum atomic E-state index is 9.97. The van der Waals surface area contributed by atoms with Gasteiger partial charge in [0.1, 0.15) is 0 Å². The van der Waals surface area contributed by atoms with Crippen LogP contribution in [0.15, 0.2) is 0 Å². The summed E-state index contributed by atoms with van der Waals surface area (Å²) in [5, 5.41) is 13.2. The highest BCUT2D eigenvalue weighted by molar-refractivity contribution is 4.91. The fourth-order valence-electron chi connectivity index (χ4n) is 3.22. The van der Waals surface area contributed by atoms with E-state index < -0.39 is 0 Å². The summed E-state index contributed by atoms with van der Waals surface area (Å²) in [4.78, 5) is 2.57. The molecule has 0 aromatic heterocycles. The summed E-state index contributed by atoms with van der Waals surface area (Å²) >= 11 is 0. The smallest absolute Gasteiger partial charge is 0.0695 e. The number of aliphatic hydroxyl groups excluding tert-OH is 1. The number of hydrogen-bond donors (Lipinski definition) is 2. The van der Waals surface area contributed by atoms with E-state index in [9.17, 15) is 5.11 Å². The Morgan fingerprint density at radius 1 is 1.20 bits per heavy atom. The number of piperidine rings is 1. The molecule has 3 nitrogen and oxygen atoms in total. The first kappa shape index (κ1) is 11.4. The van der Waals surface area contributed by atoms with Crippen molar-refractivity contribution >= 4 is 0 Å². The molecule has 3 unspecified atom stereocenters. The lowest BCUT2D eigenvalue weighted by atomic mass is 9.98. The van der Waals surface area contributed by atoms with Gasteiger partial charge in [-0.25, -0.2) is 0 Å². The van der Waals surface area contributed by atoms with Gasteiger partial charge in [-0.2, -0.15) is 0 Å². The van der Waals surface area contributed by atoms with Crippen LogP contribution in [0, 0.1) is 0 Å². The summed E-state index contributed by atoms with van der Waals surface area (Å²) in [6.07, 6.45) is 7.30. The van der Waals surface area contributed by atoms with Crippen molar-refractivity contribution in [3.63, 3.8) is 0 Å². The fraction of sp³-hybridized carbons (Fsp3) is 1.00. The van der Waals surface area contributed by atoms with E-state index in [-0.39, 0.29) is 6.10 Å². The SMILES string of the molecule is CNCC1CCCCN1C1CCCC1O. The highest BCUT2D eigenvalue weighted by Crippen LogP contribution is 2.29. The summed E-state index contributed by atoms with van der Waals surface area (Å²) in [6, 6.07) is 1.10. The molecule has 2 aliphatic rings. The van der Waals surface area contributed by atoms with Crippen molar-refractivity contribution in [1.29, 1.82) is 0 Å². The molecule has 15 heavy (non-hydrogen) atoms. The molecule has 2 fully saturated rings. The van der Waals surface area contributed by atoms with E-state index in [1.165, 1.54) is 38.6 Å². The first-order valence-electron chi connectivity index (χ1n) is 6.41. The number of rotatable bonds is 3. The van der Waals surface area contributed by atoms with Crippen LogP contribution in [0.2, 0.25) is 0 Å². The molecule has 0 bridgehead atoms. The Hall–Kier alpha value is -0.120. The topological polar surface area (TPSA) is 35.5 Å². The van der Waals surface area contributed by atoms with Crippen molar-refractivity contribution < 1.29 is 5.11 Å². The molecule has 1 saturated heterocycles. The van der Waals surface area contributed by atoms with E-state index >= 15 is 0 Å². The average molecular weight is 212 g/mol. The second kappa shape index (κ2) is 5.28. The summed E-state index contributed by atoms with van der Waals surface area (Å²) < 4.78 is 0. The Bertz CT molecular complexity index is 196. The molecule has 3 atom stereocenters. The van der Waals surface area contributed by atoms with Gasteiger partial charge in [0.2, 0.25) is 0 Å². The van der Waals surface area contributed by atoms with Crippen LogP contribution in [-0.2, 0) is 0 Å². The number of nitrogens with one attached hydrogen (secondary N) is 1. The zero-order chi connectivity index (χ0) is 10.7. The van der Waals surface area contributed by atoms with Gasteiger partial charge in [-0.05, 0) is 45.7 Å². The van der Waals surface area contributed by atoms with Crippen molar-refractivity contribution in [2.45, 2.75) is 56.7 Å². The number of likely N-dealkylation sites (N-methyl/N-ethyl adjacent to an activating group) is 1. The minimum atomic E-state index is -0.0672. The van der Waals surface area contributed by atoms with Gasteiger partial charge >= 0.3 is 0 Å². The van der Waals surface area contributed by atoms with Crippen LogP contribution in [0.25, 0.3) is 0 Å². The van der Waals surface area contributed by atoms with Gasteiger partial charge in [0.25, 0.3) is 0 Å². The third-order valence-corrected chi connectivity index (χ3v) is 3.98. The van der Waals surface area contributed by atoms with Crippen LogP contribution in [-0.4, -0.2) is 48.3 Å². The first-order chi connectivity index (χ1) is 7.33. The second-order valence-electron chi connectivity index (χ2n) is 5.01. The number of nitrogens with zero attached hydrogens (tertiary/aromatic N) is 1. The van der Waals surface area contributed by atoms with Crippen LogP contribution in [0.1, 0.15) is 38.5 Å². The molecular weight excluding hydrogens is 188 g/mol. The van der Waals surface area contributed by atoms with Gasteiger partial charge in [-0.3, -0.25) is 4.90 Å². The normalized spacial score (nSPS) is 38.4. The Kier molecular flexibility index (Phi) is 4.00. The van der Waals surface area contributed by atoms with Crippen LogP contribution < -0.4 is 5.32 Å². The predicted octanol–water partition coefficient (Wildman–Crippen LogP) is 0.974. The van der Waals surface area contributed by atoms with Crippen molar-refractivity contribution in [2.75, 3.05) is 20.1 Å². The van der Waals surface area contributed by atoms with Crippen LogP contribution in [0.3, 0.4) is 0 Å². The predicted molar refractivity (Wildman–Crippen MR) is 61.9 cm³/mol. The largest absolute Gasteiger partial charge is 0.391 e. The lowest BCUT2D eigenvalue weighted by molar-refractivity contribution is 0.0256. The molecule has 88 valence electrons. The van der Waals surface area contributed by atoms with Crippen molar-refractivity contribution in [2.24, 2.45) is 0 Å². The number of hydrogen-bond acceptors (Lipinski definition) is 3. The molecule has 0 amide bonds. The third-order valence-electron chi connectivity index (χ3n) is 3.98. The van der Waals surface area contributed by atoms with E-state index in [2.05, 4.69) is 10.2 Å². The van der Waals surface area contributed by atoms with E-state index in [0.717, 1.165) is 13.0 Å². The third kappa shape index (κ3) is 2.52. The molecule has 0 aromatic rings. The highest BCUT2D eigenvalue weighted by Gasteiger charge is 2.35. The Morgan fingerprint density at radius 2 is 2.07 bits per heavy atom. The zero-order valence-corrected chi connectivity index (χ0v) is 9.78. The lowest BCUT2D eigenvalue weighted by Gasteiger charge is -2.41. The van der Waals surface area contributed by atoms with E-state index in [1.54, 1.807) is 0 Å². The number of likely N-dealkylation sites (tertiary alicyclic amines) is 1. The first-order valence-corrected chi connectivity index (χ1v) is 6.41. The quantitative estimate of drug-likeness (QED) is 0.732. The summed E-state index contributed by atoms with van der Waals surface area (Å²) in [6.45, 7) is 2.26. The average Bonchev–Trinajstić information content (AvgIpc) is 2.66. The monoisotopic (exact) mass is 212 g/mol. The molecule has 2 N–H and O–H groups in total. The van der Waals surface area contributed by atoms with Gasteiger partial charge in [0.15, 0.2) is 0 Å². The molecule has 1 heterocycles. The highest BCUT2D eigenvalue weighted by atomic mass is 16.3. The molecule has 0 radical (unpaired) electrons. The Labute approximate surface area is 92.8 Å². The fourth-order valence-corrected chi connectivity index (χ4v) is 3.22. The molecule has 0 spiro atoms. The van der Waals surface area contributed by atoms with E-state index in [4.69, 9.17) is 0 Å². The van der Waals surface area contributed by atoms with Gasteiger partial charge in [0, 0.05) is 18.6 Å². The standard InChI is InChI=1S/C12H24N2O/c1-13-9-10-5-2-3-8-14(10)11-6-4-7-12(11)15/h10-13,15H,2-9H2,1H3. The van der Waals surface area contributed by atoms with Gasteiger partial charge in [-0.15, -0.1) is 0 Å². The molecule has 1 aliphatic heterocycles. The minimum absolute atomic E-state index is 0.0672. The molecule has 3 heteroatoms. The zero-order valence-electron chi connectivity index (χ0n) is 9.78.